The number of nitrogens with zero attached hydrogens (tertiary/aromatic N) is 2. The van der Waals surface area contributed by atoms with Gasteiger partial charge in [-0.25, -0.2) is 4.39 Å². The van der Waals surface area contributed by atoms with E-state index in [9.17, 15) is 4.39 Å². The van der Waals surface area contributed by atoms with Gasteiger partial charge in [-0.2, -0.15) is 0 Å². The van der Waals surface area contributed by atoms with Crippen molar-refractivity contribution < 1.29 is 13.9 Å². The third kappa shape index (κ3) is 8.88. The maximum atomic E-state index is 13.0. The molecule has 2 fully saturated rings. The Morgan fingerprint density at radius 2 is 2.00 bits per heavy atom. The summed E-state index contributed by atoms with van der Waals surface area (Å²) in [7, 11) is 0. The van der Waals surface area contributed by atoms with Gasteiger partial charge in [0.05, 0.1) is 25.4 Å². The van der Waals surface area contributed by atoms with Gasteiger partial charge in [0.15, 0.2) is 5.96 Å². The number of halogens is 2. The Hall–Kier alpha value is -0.580. The van der Waals surface area contributed by atoms with Gasteiger partial charge in [0.25, 0.3) is 0 Å². The Balaban J connectivity index is 0.00000320. The lowest BCUT2D eigenvalue weighted by Gasteiger charge is -2.35. The summed E-state index contributed by atoms with van der Waals surface area (Å²) in [5.74, 6) is 1.67. The Morgan fingerprint density at radius 1 is 1.23 bits per heavy atom. The molecule has 0 aromatic heterocycles. The van der Waals surface area contributed by atoms with Crippen LogP contribution in [-0.4, -0.2) is 68.2 Å². The van der Waals surface area contributed by atoms with E-state index in [2.05, 4.69) is 17.1 Å². The molecule has 170 valence electrons. The second kappa shape index (κ2) is 14.5. The minimum absolute atomic E-state index is 0. The van der Waals surface area contributed by atoms with Crippen LogP contribution in [0, 0.1) is 5.82 Å². The predicted octanol–water partition coefficient (Wildman–Crippen LogP) is 4.55. The van der Waals surface area contributed by atoms with Crippen molar-refractivity contribution in [3.05, 3.63) is 30.1 Å². The van der Waals surface area contributed by atoms with Gasteiger partial charge in [-0.3, -0.25) is 4.99 Å². The van der Waals surface area contributed by atoms with Crippen molar-refractivity contribution in [2.45, 2.75) is 56.1 Å². The molecule has 2 aliphatic rings. The molecule has 2 saturated heterocycles. The molecule has 0 bridgehead atoms. The molecule has 8 heteroatoms. The van der Waals surface area contributed by atoms with E-state index < -0.39 is 0 Å². The normalized spacial score (nSPS) is 20.7. The number of thioether (sulfide) groups is 1. The first-order chi connectivity index (χ1) is 14.2. The molecule has 0 radical (unpaired) electrons. The van der Waals surface area contributed by atoms with E-state index in [0.29, 0.717) is 12.2 Å². The fraction of sp³-hybridized carbons (Fsp3) is 0.682. The summed E-state index contributed by atoms with van der Waals surface area (Å²) in [6.07, 6.45) is 6.25. The number of hydrogen-bond donors (Lipinski definition) is 1. The third-order valence-corrected chi connectivity index (χ3v) is 6.30. The number of piperidine rings is 1. The van der Waals surface area contributed by atoms with Gasteiger partial charge in [-0.1, -0.05) is 0 Å². The Bertz CT molecular complexity index is 621. The minimum atomic E-state index is -0.194. The Kier molecular flexibility index (Phi) is 12.4. The zero-order chi connectivity index (χ0) is 20.3. The number of guanidine groups is 1. The first kappa shape index (κ1) is 25.7. The summed E-state index contributed by atoms with van der Waals surface area (Å²) in [6.45, 7) is 7.25. The number of hydrogen-bond acceptors (Lipinski definition) is 4. The highest BCUT2D eigenvalue weighted by Gasteiger charge is 2.23. The molecular weight excluding hydrogens is 516 g/mol. The predicted molar refractivity (Wildman–Crippen MR) is 133 cm³/mol. The van der Waals surface area contributed by atoms with Crippen LogP contribution in [0.3, 0.4) is 0 Å². The average Bonchev–Trinajstić information content (AvgIpc) is 2.77. The van der Waals surface area contributed by atoms with Gasteiger partial charge in [-0.15, -0.1) is 35.7 Å². The topological polar surface area (TPSA) is 46.1 Å². The van der Waals surface area contributed by atoms with Crippen molar-refractivity contribution in [3.8, 4) is 0 Å². The number of ether oxygens (including phenoxy) is 2. The van der Waals surface area contributed by atoms with Crippen LogP contribution in [0.1, 0.15) is 39.0 Å². The van der Waals surface area contributed by atoms with Crippen molar-refractivity contribution >= 4 is 41.7 Å². The monoisotopic (exact) mass is 551 g/mol. The zero-order valence-corrected chi connectivity index (χ0v) is 21.0. The number of nitrogens with one attached hydrogen (secondary N) is 1. The quantitative estimate of drug-likeness (QED) is 0.169. The van der Waals surface area contributed by atoms with Crippen LogP contribution in [0.15, 0.2) is 34.2 Å². The van der Waals surface area contributed by atoms with Gasteiger partial charge in [-0.05, 0) is 63.3 Å². The highest BCUT2D eigenvalue weighted by molar-refractivity contribution is 14.0. The molecule has 2 heterocycles. The molecule has 2 aliphatic heterocycles. The number of rotatable bonds is 8. The van der Waals surface area contributed by atoms with Crippen LogP contribution in [0.5, 0.6) is 0 Å². The highest BCUT2D eigenvalue weighted by atomic mass is 127. The third-order valence-electron chi connectivity index (χ3n) is 5.30. The summed E-state index contributed by atoms with van der Waals surface area (Å²) >= 11 is 1.70. The lowest BCUT2D eigenvalue weighted by molar-refractivity contribution is -0.0721. The largest absolute Gasteiger partial charge is 0.376 e. The second-order valence-electron chi connectivity index (χ2n) is 7.55. The molecule has 1 atom stereocenters. The molecule has 3 rings (SSSR count). The van der Waals surface area contributed by atoms with Crippen LogP contribution in [0.4, 0.5) is 4.39 Å². The van der Waals surface area contributed by atoms with Gasteiger partial charge >= 0.3 is 0 Å². The number of benzene rings is 1. The van der Waals surface area contributed by atoms with Gasteiger partial charge in [0, 0.05) is 36.9 Å². The maximum absolute atomic E-state index is 13.0. The number of likely N-dealkylation sites (tertiary alicyclic amines) is 1. The van der Waals surface area contributed by atoms with Crippen molar-refractivity contribution in [1.29, 1.82) is 0 Å². The molecular formula is C22H35FIN3O2S. The van der Waals surface area contributed by atoms with Crippen LogP contribution >= 0.6 is 35.7 Å². The van der Waals surface area contributed by atoms with E-state index >= 15 is 0 Å². The lowest BCUT2D eigenvalue weighted by atomic mass is 10.1. The summed E-state index contributed by atoms with van der Waals surface area (Å²) < 4.78 is 24.9. The van der Waals surface area contributed by atoms with Crippen LogP contribution in [0.25, 0.3) is 0 Å². The maximum Gasteiger partial charge on any atom is 0.193 e. The first-order valence-corrected chi connectivity index (χ1v) is 11.9. The first-order valence-electron chi connectivity index (χ1n) is 10.9. The molecule has 0 spiro atoms. The SMILES string of the molecule is CCNC(=NCCSc1ccc(F)cc1)N1CCC(OCC2CCCCO2)CC1.I. The van der Waals surface area contributed by atoms with E-state index in [1.165, 1.54) is 25.0 Å². The van der Waals surface area contributed by atoms with E-state index in [1.807, 2.05) is 12.1 Å². The summed E-state index contributed by atoms with van der Waals surface area (Å²) in [6, 6.07) is 6.64. The van der Waals surface area contributed by atoms with E-state index in [1.54, 1.807) is 11.8 Å². The van der Waals surface area contributed by atoms with Crippen LogP contribution < -0.4 is 5.32 Å². The molecule has 30 heavy (non-hydrogen) atoms. The van der Waals surface area contributed by atoms with Crippen molar-refractivity contribution in [2.75, 3.05) is 45.1 Å². The summed E-state index contributed by atoms with van der Waals surface area (Å²) in [5.41, 5.74) is 0. The molecule has 0 aliphatic carbocycles. The average molecular weight is 552 g/mol. The van der Waals surface area contributed by atoms with E-state index in [-0.39, 0.29) is 29.8 Å². The van der Waals surface area contributed by atoms with Crippen molar-refractivity contribution in [1.82, 2.24) is 10.2 Å². The standard InChI is InChI=1S/C22H34FN3O2S.HI/c1-2-24-22(25-12-16-29-21-8-6-18(23)7-9-21)26-13-10-19(11-14-26)28-17-20-5-3-4-15-27-20;/h6-9,19-20H,2-5,10-17H2,1H3,(H,24,25);1H. The summed E-state index contributed by atoms with van der Waals surface area (Å²) in [5, 5.41) is 3.41. The number of aliphatic imine (C=N–C) groups is 1. The molecule has 5 nitrogen and oxygen atoms in total. The Labute approximate surface area is 201 Å². The molecule has 1 aromatic carbocycles. The molecule has 1 aromatic rings. The van der Waals surface area contributed by atoms with Crippen LogP contribution in [0.2, 0.25) is 0 Å². The molecule has 1 unspecified atom stereocenters. The minimum Gasteiger partial charge on any atom is -0.376 e. The lowest BCUT2D eigenvalue weighted by Crippen LogP contribution is -2.47. The zero-order valence-electron chi connectivity index (χ0n) is 17.9. The van der Waals surface area contributed by atoms with Gasteiger partial charge in [0.1, 0.15) is 5.82 Å². The van der Waals surface area contributed by atoms with E-state index in [0.717, 1.165) is 75.3 Å². The Morgan fingerprint density at radius 3 is 2.67 bits per heavy atom. The smallest absolute Gasteiger partial charge is 0.193 e. The van der Waals surface area contributed by atoms with Crippen molar-refractivity contribution in [2.24, 2.45) is 4.99 Å². The second-order valence-corrected chi connectivity index (χ2v) is 8.71. The van der Waals surface area contributed by atoms with Crippen LogP contribution in [-0.2, 0) is 9.47 Å². The molecule has 0 saturated carbocycles. The van der Waals surface area contributed by atoms with Gasteiger partial charge < -0.3 is 19.7 Å². The highest BCUT2D eigenvalue weighted by Crippen LogP contribution is 2.19. The van der Waals surface area contributed by atoms with E-state index in [4.69, 9.17) is 14.5 Å². The fourth-order valence-corrected chi connectivity index (χ4v) is 4.44. The molecule has 1 N–H and O–H groups in total. The summed E-state index contributed by atoms with van der Waals surface area (Å²) in [4.78, 5) is 8.20. The van der Waals surface area contributed by atoms with Crippen molar-refractivity contribution in [3.63, 3.8) is 0 Å². The molecule has 0 amide bonds. The van der Waals surface area contributed by atoms with Gasteiger partial charge in [0.2, 0.25) is 0 Å². The fourth-order valence-electron chi connectivity index (χ4n) is 3.69.